The van der Waals surface area contributed by atoms with Crippen molar-refractivity contribution in [1.82, 2.24) is 0 Å². The van der Waals surface area contributed by atoms with Gasteiger partial charge in [-0.25, -0.2) is 4.39 Å². The molecule has 2 aromatic carbocycles. The van der Waals surface area contributed by atoms with Crippen LogP contribution < -0.4 is 10.6 Å². The van der Waals surface area contributed by atoms with Gasteiger partial charge in [0.25, 0.3) is 0 Å². The molecule has 19 heavy (non-hydrogen) atoms. The lowest BCUT2D eigenvalue weighted by Crippen LogP contribution is -2.16. The Balaban J connectivity index is 2.02. The molecule has 0 spiro atoms. The summed E-state index contributed by atoms with van der Waals surface area (Å²) in [5.41, 5.74) is 9.02. The van der Waals surface area contributed by atoms with Gasteiger partial charge in [0.2, 0.25) is 0 Å². The highest BCUT2D eigenvalue weighted by molar-refractivity contribution is 5.47. The molecule has 0 amide bonds. The summed E-state index contributed by atoms with van der Waals surface area (Å²) in [6.07, 6.45) is 0.905. The highest BCUT2D eigenvalue weighted by atomic mass is 19.1. The zero-order chi connectivity index (χ0) is 13.7. The van der Waals surface area contributed by atoms with E-state index in [2.05, 4.69) is 29.2 Å². The third-order valence-corrected chi connectivity index (χ3v) is 3.14. The van der Waals surface area contributed by atoms with Gasteiger partial charge in [-0.05, 0) is 48.4 Å². The molecule has 2 rings (SSSR count). The van der Waals surface area contributed by atoms with E-state index in [1.807, 2.05) is 19.2 Å². The van der Waals surface area contributed by atoms with Gasteiger partial charge < -0.3 is 10.6 Å². The number of benzene rings is 2. The van der Waals surface area contributed by atoms with E-state index < -0.39 is 0 Å². The van der Waals surface area contributed by atoms with Crippen LogP contribution in [0.1, 0.15) is 11.1 Å². The second-order valence-corrected chi connectivity index (χ2v) is 4.69. The molecule has 0 heterocycles. The van der Waals surface area contributed by atoms with E-state index in [9.17, 15) is 4.39 Å². The first kappa shape index (κ1) is 13.6. The molecule has 0 aliphatic rings. The summed E-state index contributed by atoms with van der Waals surface area (Å²) in [5, 5.41) is 0. The van der Waals surface area contributed by atoms with Gasteiger partial charge in [0.1, 0.15) is 5.82 Å². The third kappa shape index (κ3) is 3.80. The summed E-state index contributed by atoms with van der Waals surface area (Å²) in [6.45, 7) is 1.43. The van der Waals surface area contributed by atoms with E-state index in [0.717, 1.165) is 24.2 Å². The van der Waals surface area contributed by atoms with Gasteiger partial charge in [0, 0.05) is 19.3 Å². The first-order valence-corrected chi connectivity index (χ1v) is 6.43. The minimum absolute atomic E-state index is 0.197. The number of hydrogen-bond acceptors (Lipinski definition) is 2. The maximum Gasteiger partial charge on any atom is 0.123 e. The van der Waals surface area contributed by atoms with Crippen molar-refractivity contribution in [3.63, 3.8) is 0 Å². The SMILES string of the molecule is CN(Cc1ccc(F)cc1)c1ccc(CCN)cc1. The third-order valence-electron chi connectivity index (χ3n) is 3.14. The monoisotopic (exact) mass is 258 g/mol. The second-order valence-electron chi connectivity index (χ2n) is 4.69. The molecule has 0 saturated carbocycles. The molecular weight excluding hydrogens is 239 g/mol. The topological polar surface area (TPSA) is 29.3 Å². The largest absolute Gasteiger partial charge is 0.370 e. The number of halogens is 1. The highest BCUT2D eigenvalue weighted by Crippen LogP contribution is 2.16. The Bertz CT molecular complexity index is 505. The molecular formula is C16H19FN2. The van der Waals surface area contributed by atoms with Crippen molar-refractivity contribution in [1.29, 1.82) is 0 Å². The maximum atomic E-state index is 12.8. The molecule has 0 radical (unpaired) electrons. The van der Waals surface area contributed by atoms with Gasteiger partial charge >= 0.3 is 0 Å². The average molecular weight is 258 g/mol. The fourth-order valence-corrected chi connectivity index (χ4v) is 2.04. The van der Waals surface area contributed by atoms with Gasteiger partial charge in [-0.15, -0.1) is 0 Å². The van der Waals surface area contributed by atoms with Crippen molar-refractivity contribution in [2.75, 3.05) is 18.5 Å². The van der Waals surface area contributed by atoms with Crippen molar-refractivity contribution >= 4 is 5.69 Å². The molecule has 0 saturated heterocycles. The maximum absolute atomic E-state index is 12.8. The van der Waals surface area contributed by atoms with E-state index in [4.69, 9.17) is 5.73 Å². The van der Waals surface area contributed by atoms with E-state index in [1.54, 1.807) is 0 Å². The Hall–Kier alpha value is -1.87. The summed E-state index contributed by atoms with van der Waals surface area (Å²) in [6, 6.07) is 15.0. The molecule has 0 atom stereocenters. The molecule has 100 valence electrons. The van der Waals surface area contributed by atoms with Crippen LogP contribution in [-0.2, 0) is 13.0 Å². The van der Waals surface area contributed by atoms with Gasteiger partial charge in [-0.2, -0.15) is 0 Å². The molecule has 2 nitrogen and oxygen atoms in total. The normalized spacial score (nSPS) is 10.5. The number of hydrogen-bond donors (Lipinski definition) is 1. The van der Waals surface area contributed by atoms with Crippen molar-refractivity contribution in [3.05, 3.63) is 65.5 Å². The van der Waals surface area contributed by atoms with E-state index >= 15 is 0 Å². The minimum atomic E-state index is -0.197. The van der Waals surface area contributed by atoms with Gasteiger partial charge in [-0.1, -0.05) is 24.3 Å². The summed E-state index contributed by atoms with van der Waals surface area (Å²) >= 11 is 0. The van der Waals surface area contributed by atoms with Crippen LogP contribution in [0.25, 0.3) is 0 Å². The lowest BCUT2D eigenvalue weighted by atomic mass is 10.1. The Kier molecular flexibility index (Phi) is 4.53. The Labute approximate surface area is 113 Å². The molecule has 0 aliphatic heterocycles. The van der Waals surface area contributed by atoms with Crippen molar-refractivity contribution in [2.24, 2.45) is 5.73 Å². The summed E-state index contributed by atoms with van der Waals surface area (Å²) in [4.78, 5) is 2.14. The molecule has 0 aromatic heterocycles. The molecule has 0 unspecified atom stereocenters. The van der Waals surface area contributed by atoms with Crippen LogP contribution in [-0.4, -0.2) is 13.6 Å². The quantitative estimate of drug-likeness (QED) is 0.893. The van der Waals surface area contributed by atoms with Crippen LogP contribution in [0.4, 0.5) is 10.1 Å². The summed E-state index contributed by atoms with van der Waals surface area (Å²) in [7, 11) is 2.03. The fraction of sp³-hybridized carbons (Fsp3) is 0.250. The molecule has 2 aromatic rings. The first-order chi connectivity index (χ1) is 9.19. The van der Waals surface area contributed by atoms with Crippen molar-refractivity contribution in [3.8, 4) is 0 Å². The fourth-order valence-electron chi connectivity index (χ4n) is 2.04. The van der Waals surface area contributed by atoms with Gasteiger partial charge in [0.15, 0.2) is 0 Å². The molecule has 0 aliphatic carbocycles. The van der Waals surface area contributed by atoms with Crippen molar-refractivity contribution < 1.29 is 4.39 Å². The van der Waals surface area contributed by atoms with Crippen LogP contribution in [0.2, 0.25) is 0 Å². The molecule has 3 heteroatoms. The Morgan fingerprint density at radius 2 is 1.53 bits per heavy atom. The molecule has 0 bridgehead atoms. The number of anilines is 1. The van der Waals surface area contributed by atoms with Crippen LogP contribution >= 0.6 is 0 Å². The molecule has 0 fully saturated rings. The minimum Gasteiger partial charge on any atom is -0.370 e. The zero-order valence-corrected chi connectivity index (χ0v) is 11.1. The first-order valence-electron chi connectivity index (χ1n) is 6.43. The zero-order valence-electron chi connectivity index (χ0n) is 11.1. The van der Waals surface area contributed by atoms with Crippen LogP contribution in [0.3, 0.4) is 0 Å². The average Bonchev–Trinajstić information content (AvgIpc) is 2.42. The van der Waals surface area contributed by atoms with E-state index in [1.165, 1.54) is 17.7 Å². The molecule has 2 N–H and O–H groups in total. The standard InChI is InChI=1S/C16H19FN2/c1-19(12-14-2-6-15(17)7-3-14)16-8-4-13(5-9-16)10-11-18/h2-9H,10-12,18H2,1H3. The lowest BCUT2D eigenvalue weighted by molar-refractivity contribution is 0.627. The Morgan fingerprint density at radius 3 is 2.11 bits per heavy atom. The number of rotatable bonds is 5. The predicted octanol–water partition coefficient (Wildman–Crippen LogP) is 2.96. The number of nitrogens with two attached hydrogens (primary N) is 1. The second kappa shape index (κ2) is 6.34. The predicted molar refractivity (Wildman–Crippen MR) is 77.7 cm³/mol. The van der Waals surface area contributed by atoms with Crippen molar-refractivity contribution in [2.45, 2.75) is 13.0 Å². The van der Waals surface area contributed by atoms with E-state index in [-0.39, 0.29) is 5.82 Å². The van der Waals surface area contributed by atoms with E-state index in [0.29, 0.717) is 6.54 Å². The lowest BCUT2D eigenvalue weighted by Gasteiger charge is -2.19. The smallest absolute Gasteiger partial charge is 0.123 e. The van der Waals surface area contributed by atoms with Gasteiger partial charge in [-0.3, -0.25) is 0 Å². The van der Waals surface area contributed by atoms with Gasteiger partial charge in [0.05, 0.1) is 0 Å². The van der Waals surface area contributed by atoms with Crippen LogP contribution in [0.15, 0.2) is 48.5 Å². The van der Waals surface area contributed by atoms with Crippen LogP contribution in [0.5, 0.6) is 0 Å². The highest BCUT2D eigenvalue weighted by Gasteiger charge is 2.02. The summed E-state index contributed by atoms with van der Waals surface area (Å²) in [5.74, 6) is -0.197. The number of nitrogens with zero attached hydrogens (tertiary/aromatic N) is 1. The Morgan fingerprint density at radius 1 is 0.947 bits per heavy atom. The summed E-state index contributed by atoms with van der Waals surface area (Å²) < 4.78 is 12.8. The van der Waals surface area contributed by atoms with Crippen LogP contribution in [0, 0.1) is 5.82 Å².